The molecular formula is C22H26N4O2S. The molecule has 7 heteroatoms. The maximum Gasteiger partial charge on any atom is 0.255 e. The summed E-state index contributed by atoms with van der Waals surface area (Å²) in [6.07, 6.45) is 3.62. The number of sulfonamides is 1. The Morgan fingerprint density at radius 2 is 1.83 bits per heavy atom. The number of benzene rings is 2. The molecule has 2 aromatic carbocycles. The number of nitrogens with one attached hydrogen (secondary N) is 2. The molecule has 0 amide bonds. The Kier molecular flexibility index (Phi) is 5.71. The van der Waals surface area contributed by atoms with Crippen LogP contribution in [0.2, 0.25) is 0 Å². The molecule has 3 aromatic rings. The topological polar surface area (TPSA) is 68.4 Å². The van der Waals surface area contributed by atoms with Gasteiger partial charge in [-0.2, -0.15) is 0 Å². The van der Waals surface area contributed by atoms with Crippen molar-refractivity contribution in [3.05, 3.63) is 71.3 Å². The van der Waals surface area contributed by atoms with E-state index in [9.17, 15) is 8.42 Å². The maximum absolute atomic E-state index is 12.5. The monoisotopic (exact) mass is 410 g/mol. The van der Waals surface area contributed by atoms with Crippen molar-refractivity contribution in [2.75, 3.05) is 37.9 Å². The van der Waals surface area contributed by atoms with E-state index < -0.39 is 10.0 Å². The van der Waals surface area contributed by atoms with Crippen molar-refractivity contribution in [2.45, 2.75) is 6.54 Å². The molecule has 1 fully saturated rings. The van der Waals surface area contributed by atoms with Gasteiger partial charge in [-0.3, -0.25) is 9.62 Å². The molecule has 2 heterocycles. The predicted octanol–water partition coefficient (Wildman–Crippen LogP) is 3.33. The number of H-pyrrole nitrogens is 1. The molecule has 152 valence electrons. The van der Waals surface area contributed by atoms with Gasteiger partial charge in [0.1, 0.15) is 0 Å². The van der Waals surface area contributed by atoms with E-state index in [1.807, 2.05) is 48.7 Å². The largest absolute Gasteiger partial charge is 0.361 e. The van der Waals surface area contributed by atoms with Crippen LogP contribution >= 0.6 is 0 Å². The van der Waals surface area contributed by atoms with Gasteiger partial charge in [-0.1, -0.05) is 30.3 Å². The van der Waals surface area contributed by atoms with E-state index in [1.165, 1.54) is 11.0 Å². The summed E-state index contributed by atoms with van der Waals surface area (Å²) in [4.78, 5) is 8.06. The lowest BCUT2D eigenvalue weighted by atomic mass is 10.1. The summed E-state index contributed by atoms with van der Waals surface area (Å²) < 4.78 is 27.6. The highest BCUT2D eigenvalue weighted by Gasteiger charge is 2.16. The highest BCUT2D eigenvalue weighted by atomic mass is 32.2. The van der Waals surface area contributed by atoms with Gasteiger partial charge in [-0.05, 0) is 42.4 Å². The molecule has 0 bridgehead atoms. The smallest absolute Gasteiger partial charge is 0.255 e. The number of likely N-dealkylation sites (N-methyl/N-ethyl adjacent to an activating group) is 1. The van der Waals surface area contributed by atoms with E-state index in [2.05, 4.69) is 26.6 Å². The van der Waals surface area contributed by atoms with Crippen LogP contribution in [0.15, 0.2) is 60.1 Å². The van der Waals surface area contributed by atoms with Crippen LogP contribution in [-0.2, 0) is 16.6 Å². The Labute approximate surface area is 171 Å². The Bertz CT molecular complexity index is 1100. The highest BCUT2D eigenvalue weighted by Crippen LogP contribution is 2.24. The Morgan fingerprint density at radius 3 is 2.59 bits per heavy atom. The molecule has 6 nitrogen and oxygen atoms in total. The minimum absolute atomic E-state index is 0.564. The van der Waals surface area contributed by atoms with Gasteiger partial charge in [0.15, 0.2) is 0 Å². The second-order valence-corrected chi connectivity index (χ2v) is 9.08. The Hall–Kier alpha value is -2.61. The number of anilines is 1. The van der Waals surface area contributed by atoms with Crippen LogP contribution < -0.4 is 4.72 Å². The average Bonchev–Trinajstić information content (AvgIpc) is 3.11. The molecule has 0 atom stereocenters. The molecule has 1 aliphatic rings. The van der Waals surface area contributed by atoms with Gasteiger partial charge >= 0.3 is 0 Å². The van der Waals surface area contributed by atoms with Crippen LogP contribution in [0.4, 0.5) is 5.69 Å². The van der Waals surface area contributed by atoms with E-state index >= 15 is 0 Å². The van der Waals surface area contributed by atoms with E-state index in [4.69, 9.17) is 0 Å². The molecular weight excluding hydrogens is 384 g/mol. The molecule has 0 unspecified atom stereocenters. The summed E-state index contributed by atoms with van der Waals surface area (Å²) in [6.45, 7) is 5.08. The number of aromatic amines is 1. The fourth-order valence-electron chi connectivity index (χ4n) is 3.55. The molecule has 2 N–H and O–H groups in total. The maximum atomic E-state index is 12.5. The van der Waals surface area contributed by atoms with Gasteiger partial charge in [0, 0.05) is 55.5 Å². The summed E-state index contributed by atoms with van der Waals surface area (Å²) in [6, 6.07) is 15.0. The first-order valence-corrected chi connectivity index (χ1v) is 11.3. The summed E-state index contributed by atoms with van der Waals surface area (Å²) in [7, 11) is -1.44. The number of nitrogens with zero attached hydrogens (tertiary/aromatic N) is 2. The summed E-state index contributed by atoms with van der Waals surface area (Å²) in [5.41, 5.74) is 3.60. The molecule has 0 spiro atoms. The number of aromatic nitrogens is 1. The predicted molar refractivity (Wildman–Crippen MR) is 119 cm³/mol. The molecule has 1 aromatic heterocycles. The van der Waals surface area contributed by atoms with Crippen molar-refractivity contribution in [1.29, 1.82) is 0 Å². The van der Waals surface area contributed by atoms with Gasteiger partial charge in [-0.15, -0.1) is 0 Å². The number of fused-ring (bicyclic) bond motifs is 1. The Balaban J connectivity index is 1.50. The Morgan fingerprint density at radius 1 is 1.07 bits per heavy atom. The van der Waals surface area contributed by atoms with E-state index in [0.717, 1.165) is 49.2 Å². The lowest BCUT2D eigenvalue weighted by molar-refractivity contribution is 0.148. The molecule has 4 rings (SSSR count). The second kappa shape index (κ2) is 8.41. The van der Waals surface area contributed by atoms with Crippen molar-refractivity contribution in [3.8, 4) is 0 Å². The van der Waals surface area contributed by atoms with Crippen LogP contribution in [0.1, 0.15) is 11.1 Å². The molecule has 0 saturated carbocycles. The number of rotatable bonds is 6. The molecule has 1 saturated heterocycles. The molecule has 1 aliphatic heterocycles. The highest BCUT2D eigenvalue weighted by molar-refractivity contribution is 7.95. The lowest BCUT2D eigenvalue weighted by Crippen LogP contribution is -2.43. The van der Waals surface area contributed by atoms with Crippen molar-refractivity contribution >= 4 is 32.7 Å². The second-order valence-electron chi connectivity index (χ2n) is 7.51. The first kappa shape index (κ1) is 19.7. The van der Waals surface area contributed by atoms with Crippen LogP contribution in [-0.4, -0.2) is 56.4 Å². The molecule has 0 radical (unpaired) electrons. The van der Waals surface area contributed by atoms with Crippen LogP contribution in [0, 0.1) is 0 Å². The number of hydrogen-bond acceptors (Lipinski definition) is 4. The van der Waals surface area contributed by atoms with Gasteiger partial charge in [-0.25, -0.2) is 8.42 Å². The zero-order valence-electron chi connectivity index (χ0n) is 16.5. The van der Waals surface area contributed by atoms with E-state index in [-0.39, 0.29) is 0 Å². The zero-order chi connectivity index (χ0) is 20.3. The normalized spacial score (nSPS) is 16.6. The third-order valence-corrected chi connectivity index (χ3v) is 6.27. The average molecular weight is 411 g/mol. The summed E-state index contributed by atoms with van der Waals surface area (Å²) >= 11 is 0. The van der Waals surface area contributed by atoms with Crippen LogP contribution in [0.5, 0.6) is 0 Å². The number of hydrogen-bond donors (Lipinski definition) is 2. The third kappa shape index (κ3) is 5.06. The first-order valence-electron chi connectivity index (χ1n) is 9.75. The minimum Gasteiger partial charge on any atom is -0.361 e. The van der Waals surface area contributed by atoms with Gasteiger partial charge in [0.2, 0.25) is 0 Å². The van der Waals surface area contributed by atoms with Gasteiger partial charge in [0.25, 0.3) is 10.0 Å². The quantitative estimate of drug-likeness (QED) is 0.654. The standard InChI is InChI=1S/C22H26N4O2S/c1-25-10-12-26(13-11-25)17-19-16-23-22-8-7-20(15-21(19)22)24-29(27,28)14-9-18-5-3-2-4-6-18/h2-9,14-16,23-24H,10-13,17H2,1H3/b14-9+. The van der Waals surface area contributed by atoms with Crippen molar-refractivity contribution in [2.24, 2.45) is 0 Å². The van der Waals surface area contributed by atoms with E-state index in [0.29, 0.717) is 5.69 Å². The zero-order valence-corrected chi connectivity index (χ0v) is 17.3. The SMILES string of the molecule is CN1CCN(Cc2c[nH]c3ccc(NS(=O)(=O)/C=C/c4ccccc4)cc23)CC1. The minimum atomic E-state index is -3.59. The molecule has 0 aliphatic carbocycles. The van der Waals surface area contributed by atoms with Gasteiger partial charge in [0.05, 0.1) is 5.41 Å². The lowest BCUT2D eigenvalue weighted by Gasteiger charge is -2.32. The van der Waals surface area contributed by atoms with Crippen LogP contribution in [0.25, 0.3) is 17.0 Å². The van der Waals surface area contributed by atoms with Crippen molar-refractivity contribution in [3.63, 3.8) is 0 Å². The summed E-state index contributed by atoms with van der Waals surface area (Å²) in [5.74, 6) is 0. The van der Waals surface area contributed by atoms with Gasteiger partial charge < -0.3 is 9.88 Å². The van der Waals surface area contributed by atoms with Crippen molar-refractivity contribution < 1.29 is 8.42 Å². The summed E-state index contributed by atoms with van der Waals surface area (Å²) in [5, 5.41) is 2.26. The van der Waals surface area contributed by atoms with Crippen molar-refractivity contribution in [1.82, 2.24) is 14.8 Å². The fourth-order valence-corrected chi connectivity index (χ4v) is 4.41. The van der Waals surface area contributed by atoms with Crippen LogP contribution in [0.3, 0.4) is 0 Å². The molecule has 29 heavy (non-hydrogen) atoms. The van der Waals surface area contributed by atoms with E-state index in [1.54, 1.807) is 12.1 Å². The third-order valence-electron chi connectivity index (χ3n) is 5.26. The number of piperazine rings is 1. The first-order chi connectivity index (χ1) is 14.0. The fraction of sp³-hybridized carbons (Fsp3) is 0.273.